The minimum atomic E-state index is 0.177. The summed E-state index contributed by atoms with van der Waals surface area (Å²) in [6.07, 6.45) is 6.90. The lowest BCUT2D eigenvalue weighted by Crippen LogP contribution is -1.98. The lowest BCUT2D eigenvalue weighted by molar-refractivity contribution is 0.241. The second kappa shape index (κ2) is 4.73. The predicted molar refractivity (Wildman–Crippen MR) is 44.5 cm³/mol. The summed E-state index contributed by atoms with van der Waals surface area (Å²) >= 11 is 0. The third-order valence-corrected chi connectivity index (χ3v) is 2.21. The number of unbranched alkanes of at least 4 members (excludes halogenated alkanes) is 3. The molecule has 0 aromatic rings. The van der Waals surface area contributed by atoms with E-state index in [1.54, 1.807) is 0 Å². The molecule has 2 atom stereocenters. The van der Waals surface area contributed by atoms with E-state index in [0.29, 0.717) is 6.10 Å². The largest absolute Gasteiger partial charge is 0.394 e. The van der Waals surface area contributed by atoms with Crippen LogP contribution in [0.1, 0.15) is 39.0 Å². The third-order valence-electron chi connectivity index (χ3n) is 2.21. The average Bonchev–Trinajstić information content (AvgIpc) is 2.77. The van der Waals surface area contributed by atoms with Crippen LogP contribution in [-0.2, 0) is 4.74 Å². The highest BCUT2D eigenvalue weighted by Crippen LogP contribution is 2.26. The first-order valence-electron chi connectivity index (χ1n) is 4.64. The Labute approximate surface area is 68.6 Å². The number of aliphatic hydroxyl groups excluding tert-OH is 1. The van der Waals surface area contributed by atoms with Crippen LogP contribution in [0.4, 0.5) is 0 Å². The Kier molecular flexibility index (Phi) is 3.87. The molecule has 1 saturated heterocycles. The zero-order valence-corrected chi connectivity index (χ0v) is 7.25. The molecule has 1 N–H and O–H groups in total. The van der Waals surface area contributed by atoms with Crippen molar-refractivity contribution in [3.05, 3.63) is 0 Å². The minimum Gasteiger partial charge on any atom is -0.394 e. The SMILES string of the molecule is CCCCCC[C@H]1O[C@H]1CO. The van der Waals surface area contributed by atoms with Crippen LogP contribution in [-0.4, -0.2) is 23.9 Å². The lowest BCUT2D eigenvalue weighted by Gasteiger charge is -1.94. The van der Waals surface area contributed by atoms with Gasteiger partial charge in [-0.3, -0.25) is 0 Å². The van der Waals surface area contributed by atoms with Gasteiger partial charge in [-0.1, -0.05) is 32.6 Å². The summed E-state index contributed by atoms with van der Waals surface area (Å²) in [4.78, 5) is 0. The van der Waals surface area contributed by atoms with Gasteiger partial charge in [0.05, 0.1) is 12.7 Å². The molecule has 0 aromatic carbocycles. The van der Waals surface area contributed by atoms with Crippen molar-refractivity contribution in [1.29, 1.82) is 0 Å². The van der Waals surface area contributed by atoms with Gasteiger partial charge in [-0.2, -0.15) is 0 Å². The van der Waals surface area contributed by atoms with Crippen LogP contribution in [0.5, 0.6) is 0 Å². The van der Waals surface area contributed by atoms with E-state index in [-0.39, 0.29) is 12.7 Å². The molecule has 1 fully saturated rings. The standard InChI is InChI=1S/C9H18O2/c1-2-3-4-5-6-8-9(7-10)11-8/h8-10H,2-7H2,1H3/t8-,9+/m1/s1. The monoisotopic (exact) mass is 158 g/mol. The van der Waals surface area contributed by atoms with Crippen molar-refractivity contribution >= 4 is 0 Å². The summed E-state index contributed by atoms with van der Waals surface area (Å²) in [6, 6.07) is 0. The first-order valence-corrected chi connectivity index (χ1v) is 4.64. The van der Waals surface area contributed by atoms with Crippen LogP contribution in [0.2, 0.25) is 0 Å². The molecule has 1 rings (SSSR count). The van der Waals surface area contributed by atoms with Crippen molar-refractivity contribution in [2.45, 2.75) is 51.2 Å². The first kappa shape index (κ1) is 9.01. The Morgan fingerprint density at radius 2 is 2.00 bits per heavy atom. The molecule has 0 aliphatic carbocycles. The molecule has 2 heteroatoms. The second-order valence-electron chi connectivity index (χ2n) is 3.24. The fourth-order valence-corrected chi connectivity index (χ4v) is 1.37. The third kappa shape index (κ3) is 3.21. The number of epoxide rings is 1. The number of hydrogen-bond donors (Lipinski definition) is 1. The van der Waals surface area contributed by atoms with E-state index in [9.17, 15) is 0 Å². The Balaban J connectivity index is 1.82. The maximum Gasteiger partial charge on any atom is 0.107 e. The molecule has 11 heavy (non-hydrogen) atoms. The van der Waals surface area contributed by atoms with Crippen molar-refractivity contribution in [1.82, 2.24) is 0 Å². The number of aliphatic hydroxyl groups is 1. The van der Waals surface area contributed by atoms with Gasteiger partial charge in [-0.25, -0.2) is 0 Å². The van der Waals surface area contributed by atoms with Gasteiger partial charge in [0.1, 0.15) is 6.10 Å². The Morgan fingerprint density at radius 3 is 2.55 bits per heavy atom. The predicted octanol–water partition coefficient (Wildman–Crippen LogP) is 1.72. The Bertz CT molecular complexity index is 104. The number of rotatable bonds is 6. The molecule has 1 aliphatic heterocycles. The molecule has 1 heterocycles. The van der Waals surface area contributed by atoms with Gasteiger partial charge in [-0.15, -0.1) is 0 Å². The van der Waals surface area contributed by atoms with Crippen LogP contribution in [0, 0.1) is 0 Å². The summed E-state index contributed by atoms with van der Waals surface area (Å²) in [5.74, 6) is 0. The zero-order valence-electron chi connectivity index (χ0n) is 7.25. The summed E-state index contributed by atoms with van der Waals surface area (Å²) in [6.45, 7) is 2.42. The van der Waals surface area contributed by atoms with Crippen molar-refractivity contribution < 1.29 is 9.84 Å². The molecule has 2 nitrogen and oxygen atoms in total. The molecule has 0 unspecified atom stereocenters. The van der Waals surface area contributed by atoms with Gasteiger partial charge in [-0.05, 0) is 6.42 Å². The fraction of sp³-hybridized carbons (Fsp3) is 1.00. The molecule has 0 saturated carbocycles. The van der Waals surface area contributed by atoms with Crippen LogP contribution in [0.15, 0.2) is 0 Å². The lowest BCUT2D eigenvalue weighted by atomic mass is 10.1. The highest BCUT2D eigenvalue weighted by atomic mass is 16.6. The minimum absolute atomic E-state index is 0.177. The van der Waals surface area contributed by atoms with Crippen molar-refractivity contribution in [2.75, 3.05) is 6.61 Å². The molecular formula is C9H18O2. The fourth-order valence-electron chi connectivity index (χ4n) is 1.37. The van der Waals surface area contributed by atoms with Crippen LogP contribution < -0.4 is 0 Å². The van der Waals surface area contributed by atoms with Gasteiger partial charge < -0.3 is 9.84 Å². The molecule has 0 spiro atoms. The van der Waals surface area contributed by atoms with Crippen LogP contribution in [0.3, 0.4) is 0 Å². The van der Waals surface area contributed by atoms with Gasteiger partial charge in [0.2, 0.25) is 0 Å². The van der Waals surface area contributed by atoms with E-state index >= 15 is 0 Å². The molecule has 0 aromatic heterocycles. The summed E-state index contributed by atoms with van der Waals surface area (Å²) in [5.41, 5.74) is 0. The maximum atomic E-state index is 8.65. The number of ether oxygens (including phenoxy) is 1. The summed E-state index contributed by atoms with van der Waals surface area (Å²) in [5, 5.41) is 8.65. The van der Waals surface area contributed by atoms with Crippen molar-refractivity contribution in [2.24, 2.45) is 0 Å². The van der Waals surface area contributed by atoms with Gasteiger partial charge in [0.25, 0.3) is 0 Å². The molecule has 0 amide bonds. The van der Waals surface area contributed by atoms with Gasteiger partial charge in [0, 0.05) is 0 Å². The van der Waals surface area contributed by atoms with E-state index in [4.69, 9.17) is 9.84 Å². The summed E-state index contributed by atoms with van der Waals surface area (Å²) < 4.78 is 5.20. The molecular weight excluding hydrogens is 140 g/mol. The first-order chi connectivity index (χ1) is 5.38. The highest BCUT2D eigenvalue weighted by Gasteiger charge is 2.36. The van der Waals surface area contributed by atoms with Crippen molar-refractivity contribution in [3.8, 4) is 0 Å². The molecule has 0 bridgehead atoms. The second-order valence-corrected chi connectivity index (χ2v) is 3.24. The van der Waals surface area contributed by atoms with E-state index in [0.717, 1.165) is 6.42 Å². The van der Waals surface area contributed by atoms with Gasteiger partial charge in [0.15, 0.2) is 0 Å². The maximum absolute atomic E-state index is 8.65. The van der Waals surface area contributed by atoms with E-state index in [1.165, 1.54) is 25.7 Å². The average molecular weight is 158 g/mol. The molecule has 0 radical (unpaired) electrons. The normalized spacial score (nSPS) is 28.9. The van der Waals surface area contributed by atoms with Crippen molar-refractivity contribution in [3.63, 3.8) is 0 Å². The Hall–Kier alpha value is -0.0800. The molecule has 1 aliphatic rings. The summed E-state index contributed by atoms with van der Waals surface area (Å²) in [7, 11) is 0. The highest BCUT2D eigenvalue weighted by molar-refractivity contribution is 4.83. The number of hydrogen-bond acceptors (Lipinski definition) is 2. The quantitative estimate of drug-likeness (QED) is 0.471. The Morgan fingerprint density at radius 1 is 1.18 bits per heavy atom. The van der Waals surface area contributed by atoms with Crippen LogP contribution >= 0.6 is 0 Å². The topological polar surface area (TPSA) is 32.8 Å². The molecule has 66 valence electrons. The zero-order chi connectivity index (χ0) is 8.10. The smallest absolute Gasteiger partial charge is 0.107 e. The van der Waals surface area contributed by atoms with Gasteiger partial charge >= 0.3 is 0 Å². The van der Waals surface area contributed by atoms with E-state index in [2.05, 4.69) is 6.92 Å². The van der Waals surface area contributed by atoms with E-state index in [1.807, 2.05) is 0 Å². The van der Waals surface area contributed by atoms with E-state index < -0.39 is 0 Å². The van der Waals surface area contributed by atoms with Crippen LogP contribution in [0.25, 0.3) is 0 Å².